The summed E-state index contributed by atoms with van der Waals surface area (Å²) in [7, 11) is 0. The summed E-state index contributed by atoms with van der Waals surface area (Å²) >= 11 is 6.00. The van der Waals surface area contributed by atoms with Crippen LogP contribution in [-0.2, 0) is 6.54 Å². The van der Waals surface area contributed by atoms with Crippen molar-refractivity contribution < 1.29 is 0 Å². The molecule has 1 aliphatic heterocycles. The first kappa shape index (κ1) is 12.2. The maximum atomic E-state index is 6.00. The highest BCUT2D eigenvalue weighted by Gasteiger charge is 2.22. The first-order chi connectivity index (χ1) is 9.24. The van der Waals surface area contributed by atoms with E-state index in [0.717, 1.165) is 18.1 Å². The molecule has 3 nitrogen and oxygen atoms in total. The summed E-state index contributed by atoms with van der Waals surface area (Å²) < 4.78 is 0. The normalized spacial score (nSPS) is 17.4. The minimum Gasteiger partial charge on any atom is -0.343 e. The van der Waals surface area contributed by atoms with Crippen LogP contribution in [0.4, 0.5) is 11.5 Å². The Morgan fingerprint density at radius 1 is 1.16 bits per heavy atom. The molecule has 0 aliphatic carbocycles. The summed E-state index contributed by atoms with van der Waals surface area (Å²) in [4.78, 5) is 11.1. The number of hydrogen-bond acceptors (Lipinski definition) is 3. The van der Waals surface area contributed by atoms with E-state index >= 15 is 0 Å². The predicted molar refractivity (Wildman–Crippen MR) is 79.5 cm³/mol. The lowest BCUT2D eigenvalue weighted by Crippen LogP contribution is -2.36. The fourth-order valence-electron chi connectivity index (χ4n) is 2.19. The maximum absolute atomic E-state index is 6.00. The SMILES string of the molecule is C[C@@H]1C=Nc2ccc(Cl)nc2N1Cc1ccccc1. The zero-order chi connectivity index (χ0) is 13.2. The minimum absolute atomic E-state index is 0.207. The fraction of sp³-hybridized carbons (Fsp3) is 0.200. The summed E-state index contributed by atoms with van der Waals surface area (Å²) in [6.45, 7) is 2.91. The number of fused-ring (bicyclic) bond motifs is 1. The summed E-state index contributed by atoms with van der Waals surface area (Å²) in [6.07, 6.45) is 1.95. The van der Waals surface area contributed by atoms with E-state index in [2.05, 4.69) is 33.9 Å². The zero-order valence-corrected chi connectivity index (χ0v) is 11.4. The summed E-state index contributed by atoms with van der Waals surface area (Å²) in [5.74, 6) is 0.853. The van der Waals surface area contributed by atoms with E-state index < -0.39 is 0 Å². The number of benzene rings is 1. The Morgan fingerprint density at radius 2 is 1.95 bits per heavy atom. The van der Waals surface area contributed by atoms with E-state index in [1.165, 1.54) is 5.56 Å². The molecule has 2 heterocycles. The lowest BCUT2D eigenvalue weighted by atomic mass is 10.1. The fourth-order valence-corrected chi connectivity index (χ4v) is 2.33. The number of aliphatic imine (C=N–C) groups is 1. The van der Waals surface area contributed by atoms with Gasteiger partial charge in [0.1, 0.15) is 10.8 Å². The van der Waals surface area contributed by atoms with Gasteiger partial charge in [-0.05, 0) is 24.6 Å². The number of halogens is 1. The molecule has 0 amide bonds. The Bertz CT molecular complexity index is 610. The Hall–Kier alpha value is -1.87. The van der Waals surface area contributed by atoms with Gasteiger partial charge in [0, 0.05) is 12.8 Å². The lowest BCUT2D eigenvalue weighted by molar-refractivity contribution is 0.746. The third-order valence-electron chi connectivity index (χ3n) is 3.21. The predicted octanol–water partition coefficient (Wildman–Crippen LogP) is 3.85. The van der Waals surface area contributed by atoms with Crippen LogP contribution >= 0.6 is 11.6 Å². The van der Waals surface area contributed by atoms with Crippen LogP contribution in [-0.4, -0.2) is 17.2 Å². The molecule has 0 radical (unpaired) electrons. The third kappa shape index (κ3) is 2.47. The second-order valence-electron chi connectivity index (χ2n) is 4.61. The molecule has 1 aromatic carbocycles. The number of aromatic nitrogens is 1. The van der Waals surface area contributed by atoms with E-state index in [9.17, 15) is 0 Å². The molecular formula is C15H14ClN3. The van der Waals surface area contributed by atoms with Crippen LogP contribution in [0.5, 0.6) is 0 Å². The molecule has 19 heavy (non-hydrogen) atoms. The van der Waals surface area contributed by atoms with E-state index in [0.29, 0.717) is 5.15 Å². The van der Waals surface area contributed by atoms with Gasteiger partial charge in [-0.1, -0.05) is 41.9 Å². The molecule has 0 N–H and O–H groups in total. The molecule has 0 bridgehead atoms. The second kappa shape index (κ2) is 5.02. The van der Waals surface area contributed by atoms with Crippen LogP contribution in [0.1, 0.15) is 12.5 Å². The average Bonchev–Trinajstić information content (AvgIpc) is 2.43. The molecule has 4 heteroatoms. The van der Waals surface area contributed by atoms with E-state index in [1.807, 2.05) is 30.5 Å². The number of anilines is 1. The van der Waals surface area contributed by atoms with E-state index in [1.54, 1.807) is 6.07 Å². The molecule has 3 rings (SSSR count). The second-order valence-corrected chi connectivity index (χ2v) is 5.00. The van der Waals surface area contributed by atoms with Gasteiger partial charge in [0.15, 0.2) is 5.82 Å². The van der Waals surface area contributed by atoms with Gasteiger partial charge in [-0.3, -0.25) is 4.99 Å². The number of rotatable bonds is 2. The Labute approximate surface area is 117 Å². The Balaban J connectivity index is 1.97. The van der Waals surface area contributed by atoms with Crippen LogP contribution < -0.4 is 4.90 Å². The highest BCUT2D eigenvalue weighted by Crippen LogP contribution is 2.33. The smallest absolute Gasteiger partial charge is 0.157 e. The largest absolute Gasteiger partial charge is 0.343 e. The summed E-state index contributed by atoms with van der Waals surface area (Å²) in [5.41, 5.74) is 2.12. The minimum atomic E-state index is 0.207. The lowest BCUT2D eigenvalue weighted by Gasteiger charge is -2.31. The quantitative estimate of drug-likeness (QED) is 0.776. The third-order valence-corrected chi connectivity index (χ3v) is 3.42. The first-order valence-electron chi connectivity index (χ1n) is 6.25. The van der Waals surface area contributed by atoms with Crippen molar-refractivity contribution in [3.05, 3.63) is 53.2 Å². The van der Waals surface area contributed by atoms with Crippen molar-refractivity contribution in [2.45, 2.75) is 19.5 Å². The maximum Gasteiger partial charge on any atom is 0.157 e. The molecule has 0 spiro atoms. The van der Waals surface area contributed by atoms with Crippen LogP contribution in [0.25, 0.3) is 0 Å². The van der Waals surface area contributed by atoms with Gasteiger partial charge >= 0.3 is 0 Å². The molecule has 1 aromatic heterocycles. The van der Waals surface area contributed by atoms with Gasteiger partial charge in [0.05, 0.1) is 6.04 Å². The van der Waals surface area contributed by atoms with Gasteiger partial charge in [0.2, 0.25) is 0 Å². The van der Waals surface area contributed by atoms with Crippen LogP contribution in [0.15, 0.2) is 47.5 Å². The molecule has 0 saturated carbocycles. The molecule has 0 fully saturated rings. The molecule has 1 atom stereocenters. The summed E-state index contributed by atoms with van der Waals surface area (Å²) in [5, 5.41) is 0.501. The van der Waals surface area contributed by atoms with E-state index in [-0.39, 0.29) is 6.04 Å². The van der Waals surface area contributed by atoms with Gasteiger partial charge < -0.3 is 4.90 Å². The topological polar surface area (TPSA) is 28.5 Å². The Kier molecular flexibility index (Phi) is 3.22. The van der Waals surface area contributed by atoms with Crippen molar-refractivity contribution in [3.8, 4) is 0 Å². The van der Waals surface area contributed by atoms with Gasteiger partial charge in [-0.15, -0.1) is 0 Å². The average molecular weight is 272 g/mol. The van der Waals surface area contributed by atoms with Crippen molar-refractivity contribution >= 4 is 29.3 Å². The number of nitrogens with zero attached hydrogens (tertiary/aromatic N) is 3. The van der Waals surface area contributed by atoms with E-state index in [4.69, 9.17) is 11.6 Å². The van der Waals surface area contributed by atoms with Gasteiger partial charge in [0.25, 0.3) is 0 Å². The highest BCUT2D eigenvalue weighted by atomic mass is 35.5. The number of hydrogen-bond donors (Lipinski definition) is 0. The van der Waals surface area contributed by atoms with Crippen LogP contribution in [0.3, 0.4) is 0 Å². The van der Waals surface area contributed by atoms with Crippen molar-refractivity contribution in [3.63, 3.8) is 0 Å². The van der Waals surface area contributed by atoms with Crippen molar-refractivity contribution in [1.82, 2.24) is 4.98 Å². The van der Waals surface area contributed by atoms with Crippen molar-refractivity contribution in [2.24, 2.45) is 4.99 Å². The summed E-state index contributed by atoms with van der Waals surface area (Å²) in [6, 6.07) is 14.2. The van der Waals surface area contributed by atoms with Crippen LogP contribution in [0.2, 0.25) is 5.15 Å². The molecule has 1 aliphatic rings. The van der Waals surface area contributed by atoms with Crippen LogP contribution in [0, 0.1) is 0 Å². The standard InChI is InChI=1S/C15H14ClN3/c1-11-9-17-13-7-8-14(16)18-15(13)19(11)10-12-5-3-2-4-6-12/h2-9,11H,10H2,1H3/t11-/m1/s1. The van der Waals surface area contributed by atoms with Crippen molar-refractivity contribution in [1.29, 1.82) is 0 Å². The molecular weight excluding hydrogens is 258 g/mol. The van der Waals surface area contributed by atoms with Gasteiger partial charge in [-0.25, -0.2) is 4.98 Å². The monoisotopic (exact) mass is 271 g/mol. The zero-order valence-electron chi connectivity index (χ0n) is 10.6. The Morgan fingerprint density at radius 3 is 2.74 bits per heavy atom. The molecule has 0 saturated heterocycles. The highest BCUT2D eigenvalue weighted by molar-refractivity contribution is 6.29. The van der Waals surface area contributed by atoms with Gasteiger partial charge in [-0.2, -0.15) is 0 Å². The molecule has 0 unspecified atom stereocenters. The van der Waals surface area contributed by atoms with Crippen molar-refractivity contribution in [2.75, 3.05) is 4.90 Å². The molecule has 2 aromatic rings. The number of pyridine rings is 1. The first-order valence-corrected chi connectivity index (χ1v) is 6.63. The molecule has 96 valence electrons.